The van der Waals surface area contributed by atoms with Gasteiger partial charge < -0.3 is 4.90 Å². The molecule has 2 aromatic carbocycles. The predicted octanol–water partition coefficient (Wildman–Crippen LogP) is 4.00. The molecule has 2 aromatic rings. The van der Waals surface area contributed by atoms with Gasteiger partial charge in [-0.1, -0.05) is 25.3 Å². The number of amides is 1. The van der Waals surface area contributed by atoms with E-state index in [0.717, 1.165) is 49.6 Å². The van der Waals surface area contributed by atoms with Crippen LogP contribution in [0, 0.1) is 0 Å². The summed E-state index contributed by atoms with van der Waals surface area (Å²) in [7, 11) is -7.23. The number of hydrogen-bond acceptors (Lipinski definition) is 5. The highest BCUT2D eigenvalue weighted by molar-refractivity contribution is 7.92. The standard InChI is InChI=1S/C25H33N3O5S2/c1-24(2,3)27-35(32,33)20-10-8-9-18(15-20)23(29)28-17-25(13-6-5-7-14-25)21-16-19(11-12-22(21)28)26-34(4,30)31/h8-12,15-16,26-27H,5-7,13-14,17H2,1-4H3. The minimum absolute atomic E-state index is 0.0396. The topological polar surface area (TPSA) is 113 Å². The van der Waals surface area contributed by atoms with Crippen LogP contribution in [-0.2, 0) is 25.5 Å². The molecule has 0 aromatic heterocycles. The minimum Gasteiger partial charge on any atom is -0.307 e. The third kappa shape index (κ3) is 5.54. The Bertz CT molecular complexity index is 1360. The molecule has 0 unspecified atom stereocenters. The van der Waals surface area contributed by atoms with Gasteiger partial charge in [0, 0.05) is 34.4 Å². The molecular formula is C25H33N3O5S2. The number of benzene rings is 2. The number of anilines is 2. The monoisotopic (exact) mass is 519 g/mol. The third-order valence-electron chi connectivity index (χ3n) is 6.51. The highest BCUT2D eigenvalue weighted by atomic mass is 32.2. The molecule has 1 fully saturated rings. The van der Waals surface area contributed by atoms with Crippen LogP contribution in [0.2, 0.25) is 0 Å². The Kier molecular flexibility index (Phi) is 6.53. The maximum Gasteiger partial charge on any atom is 0.258 e. The van der Waals surface area contributed by atoms with Crippen LogP contribution in [0.3, 0.4) is 0 Å². The van der Waals surface area contributed by atoms with E-state index >= 15 is 0 Å². The molecule has 4 rings (SSSR count). The minimum atomic E-state index is -3.79. The Morgan fingerprint density at radius 3 is 2.29 bits per heavy atom. The summed E-state index contributed by atoms with van der Waals surface area (Å²) in [6.07, 6.45) is 6.15. The van der Waals surface area contributed by atoms with Gasteiger partial charge in [-0.05, 0) is 75.6 Å². The maximum absolute atomic E-state index is 13.7. The zero-order valence-electron chi connectivity index (χ0n) is 20.6. The van der Waals surface area contributed by atoms with Gasteiger partial charge in [0.15, 0.2) is 0 Å². The average Bonchev–Trinajstić information content (AvgIpc) is 3.04. The third-order valence-corrected chi connectivity index (χ3v) is 8.87. The molecule has 10 heteroatoms. The fraction of sp³-hybridized carbons (Fsp3) is 0.480. The number of carbonyl (C=O) groups is 1. The average molecular weight is 520 g/mol. The molecule has 0 saturated heterocycles. The SMILES string of the molecule is CC(C)(C)NS(=O)(=O)c1cccc(C(=O)N2CC3(CCCCC3)c3cc(NS(C)(=O)=O)ccc32)c1. The Morgan fingerprint density at radius 2 is 1.66 bits per heavy atom. The molecule has 2 aliphatic rings. The molecule has 1 amide bonds. The molecule has 0 radical (unpaired) electrons. The van der Waals surface area contributed by atoms with E-state index < -0.39 is 25.6 Å². The molecule has 0 atom stereocenters. The summed E-state index contributed by atoms with van der Waals surface area (Å²) >= 11 is 0. The fourth-order valence-corrected chi connectivity index (χ4v) is 7.22. The highest BCUT2D eigenvalue weighted by Gasteiger charge is 2.45. The molecule has 1 aliphatic heterocycles. The van der Waals surface area contributed by atoms with Gasteiger partial charge in [-0.25, -0.2) is 21.6 Å². The van der Waals surface area contributed by atoms with Gasteiger partial charge in [-0.3, -0.25) is 9.52 Å². The second kappa shape index (κ2) is 8.90. The predicted molar refractivity (Wildman–Crippen MR) is 138 cm³/mol. The summed E-state index contributed by atoms with van der Waals surface area (Å²) in [5.41, 5.74) is 1.59. The van der Waals surface area contributed by atoms with Crippen LogP contribution in [-0.4, -0.2) is 41.1 Å². The van der Waals surface area contributed by atoms with Gasteiger partial charge in [-0.15, -0.1) is 0 Å². The van der Waals surface area contributed by atoms with E-state index in [4.69, 9.17) is 0 Å². The van der Waals surface area contributed by atoms with Crippen molar-refractivity contribution in [2.75, 3.05) is 22.4 Å². The lowest BCUT2D eigenvalue weighted by atomic mass is 9.70. The summed E-state index contributed by atoms with van der Waals surface area (Å²) in [4.78, 5) is 15.5. The number of carbonyl (C=O) groups excluding carboxylic acids is 1. The molecule has 2 N–H and O–H groups in total. The normalized spacial score (nSPS) is 17.9. The van der Waals surface area contributed by atoms with E-state index in [-0.39, 0.29) is 16.2 Å². The van der Waals surface area contributed by atoms with Gasteiger partial charge in [-0.2, -0.15) is 0 Å². The Labute approximate surface area is 208 Å². The lowest BCUT2D eigenvalue weighted by Gasteiger charge is -2.34. The van der Waals surface area contributed by atoms with Crippen molar-refractivity contribution in [2.24, 2.45) is 0 Å². The molecule has 35 heavy (non-hydrogen) atoms. The van der Waals surface area contributed by atoms with Crippen LogP contribution in [0.25, 0.3) is 0 Å². The molecule has 1 spiro atoms. The van der Waals surface area contributed by atoms with Gasteiger partial charge in [0.25, 0.3) is 5.91 Å². The summed E-state index contributed by atoms with van der Waals surface area (Å²) < 4.78 is 54.5. The first-order valence-electron chi connectivity index (χ1n) is 11.8. The van der Waals surface area contributed by atoms with Crippen LogP contribution in [0.4, 0.5) is 11.4 Å². The molecular weight excluding hydrogens is 486 g/mol. The van der Waals surface area contributed by atoms with Crippen molar-refractivity contribution < 1.29 is 21.6 Å². The van der Waals surface area contributed by atoms with Gasteiger partial charge >= 0.3 is 0 Å². The van der Waals surface area contributed by atoms with Crippen molar-refractivity contribution in [1.82, 2.24) is 4.72 Å². The molecule has 190 valence electrons. The largest absolute Gasteiger partial charge is 0.307 e. The Hall–Kier alpha value is -2.43. The van der Waals surface area contributed by atoms with Crippen molar-refractivity contribution in [3.63, 3.8) is 0 Å². The van der Waals surface area contributed by atoms with Crippen molar-refractivity contribution in [1.29, 1.82) is 0 Å². The van der Waals surface area contributed by atoms with Gasteiger partial charge in [0.05, 0.1) is 11.2 Å². The molecule has 1 aliphatic carbocycles. The van der Waals surface area contributed by atoms with E-state index in [1.165, 1.54) is 12.1 Å². The lowest BCUT2D eigenvalue weighted by molar-refractivity contribution is 0.0982. The van der Waals surface area contributed by atoms with Crippen molar-refractivity contribution in [3.05, 3.63) is 53.6 Å². The van der Waals surface area contributed by atoms with Crippen LogP contribution in [0.1, 0.15) is 68.8 Å². The molecule has 8 nitrogen and oxygen atoms in total. The number of nitrogens with one attached hydrogen (secondary N) is 2. The van der Waals surface area contributed by atoms with Crippen LogP contribution < -0.4 is 14.3 Å². The number of fused-ring (bicyclic) bond motifs is 2. The van der Waals surface area contributed by atoms with E-state index in [9.17, 15) is 21.6 Å². The zero-order valence-corrected chi connectivity index (χ0v) is 22.2. The van der Waals surface area contributed by atoms with Gasteiger partial charge in [0.1, 0.15) is 0 Å². The first kappa shape index (κ1) is 25.7. The van der Waals surface area contributed by atoms with Crippen LogP contribution >= 0.6 is 0 Å². The van der Waals surface area contributed by atoms with E-state index in [1.54, 1.807) is 49.9 Å². The van der Waals surface area contributed by atoms with Crippen LogP contribution in [0.15, 0.2) is 47.4 Å². The second-order valence-corrected chi connectivity index (χ2v) is 14.2. The number of nitrogens with zero attached hydrogens (tertiary/aromatic N) is 1. The Balaban J connectivity index is 1.72. The highest BCUT2D eigenvalue weighted by Crippen LogP contribution is 2.50. The fourth-order valence-electron chi connectivity index (χ4n) is 5.20. The van der Waals surface area contributed by atoms with Gasteiger partial charge in [0.2, 0.25) is 20.0 Å². The second-order valence-electron chi connectivity index (χ2n) is 10.7. The van der Waals surface area contributed by atoms with E-state index in [0.29, 0.717) is 17.8 Å². The van der Waals surface area contributed by atoms with Crippen molar-refractivity contribution >= 4 is 37.3 Å². The molecule has 1 saturated carbocycles. The first-order valence-corrected chi connectivity index (χ1v) is 15.1. The number of sulfonamides is 2. The quantitative estimate of drug-likeness (QED) is 0.620. The Morgan fingerprint density at radius 1 is 0.971 bits per heavy atom. The summed E-state index contributed by atoms with van der Waals surface area (Å²) in [5.74, 6) is -0.273. The smallest absolute Gasteiger partial charge is 0.258 e. The molecule has 1 heterocycles. The van der Waals surface area contributed by atoms with Crippen LogP contribution in [0.5, 0.6) is 0 Å². The number of hydrogen-bond donors (Lipinski definition) is 2. The summed E-state index contributed by atoms with van der Waals surface area (Å²) in [5, 5.41) is 0. The zero-order chi connectivity index (χ0) is 25.6. The molecule has 0 bridgehead atoms. The van der Waals surface area contributed by atoms with E-state index in [1.807, 2.05) is 6.07 Å². The first-order chi connectivity index (χ1) is 16.2. The maximum atomic E-state index is 13.7. The summed E-state index contributed by atoms with van der Waals surface area (Å²) in [6, 6.07) is 11.4. The number of rotatable bonds is 5. The van der Waals surface area contributed by atoms with Crippen molar-refractivity contribution in [2.45, 2.75) is 68.7 Å². The van der Waals surface area contributed by atoms with E-state index in [2.05, 4.69) is 9.44 Å². The van der Waals surface area contributed by atoms with Crippen molar-refractivity contribution in [3.8, 4) is 0 Å². The summed E-state index contributed by atoms with van der Waals surface area (Å²) in [6.45, 7) is 5.77. The lowest BCUT2D eigenvalue weighted by Crippen LogP contribution is -2.40.